The molecule has 0 heterocycles. The number of ether oxygens (including phenoxy) is 1. The Kier molecular flexibility index (Phi) is 3.00. The quantitative estimate of drug-likeness (QED) is 0.482. The summed E-state index contributed by atoms with van der Waals surface area (Å²) in [4.78, 5) is 11.4. The second-order valence-electron chi connectivity index (χ2n) is 4.18. The van der Waals surface area contributed by atoms with Gasteiger partial charge < -0.3 is 9.84 Å². The molecule has 1 aromatic rings. The van der Waals surface area contributed by atoms with E-state index in [1.165, 1.54) is 0 Å². The number of allylic oxidation sites excluding steroid dienone is 2. The summed E-state index contributed by atoms with van der Waals surface area (Å²) < 4.78 is 5.15. The van der Waals surface area contributed by atoms with Gasteiger partial charge >= 0.3 is 5.97 Å². The first-order chi connectivity index (χ1) is 8.06. The van der Waals surface area contributed by atoms with Crippen molar-refractivity contribution in [3.05, 3.63) is 53.3 Å². The molecule has 3 nitrogen and oxygen atoms in total. The first-order valence-electron chi connectivity index (χ1n) is 5.44. The van der Waals surface area contributed by atoms with Gasteiger partial charge in [0.15, 0.2) is 0 Å². The van der Waals surface area contributed by atoms with Gasteiger partial charge in [-0.3, -0.25) is 0 Å². The van der Waals surface area contributed by atoms with Crippen LogP contribution in [0, 0.1) is 0 Å². The van der Waals surface area contributed by atoms with E-state index in [-0.39, 0.29) is 0 Å². The molecule has 0 aromatic heterocycles. The van der Waals surface area contributed by atoms with Gasteiger partial charge in [0.25, 0.3) is 0 Å². The van der Waals surface area contributed by atoms with Crippen LogP contribution in [0.2, 0.25) is 0 Å². The van der Waals surface area contributed by atoms with Crippen LogP contribution in [0.4, 0.5) is 0 Å². The Labute approximate surface area is 100 Å². The molecular weight excluding hydrogens is 216 g/mol. The van der Waals surface area contributed by atoms with Crippen molar-refractivity contribution in [3.8, 4) is 5.75 Å². The van der Waals surface area contributed by atoms with Gasteiger partial charge in [-0.2, -0.15) is 0 Å². The number of hydrogen-bond donors (Lipinski definition) is 1. The van der Waals surface area contributed by atoms with E-state index in [1.807, 2.05) is 12.1 Å². The molecule has 88 valence electrons. The minimum absolute atomic E-state index is 0.375. The zero-order valence-electron chi connectivity index (χ0n) is 9.69. The van der Waals surface area contributed by atoms with Gasteiger partial charge in [-0.15, -0.1) is 0 Å². The highest BCUT2D eigenvalue weighted by atomic mass is 16.5. The third-order valence-electron chi connectivity index (χ3n) is 2.67. The lowest BCUT2D eigenvalue weighted by Crippen LogP contribution is -2.09. The number of rotatable bonds is 2. The average Bonchev–Trinajstić information content (AvgIpc) is 2.29. The summed E-state index contributed by atoms with van der Waals surface area (Å²) in [7, 11) is 0. The monoisotopic (exact) mass is 230 g/mol. The van der Waals surface area contributed by atoms with E-state index in [1.54, 1.807) is 19.1 Å². The maximum absolute atomic E-state index is 11.4. The molecule has 1 N–H and O–H groups in total. The summed E-state index contributed by atoms with van der Waals surface area (Å²) >= 11 is 0. The van der Waals surface area contributed by atoms with Gasteiger partial charge in [0.2, 0.25) is 0 Å². The number of fused-ring (bicyclic) bond motifs is 1. The van der Waals surface area contributed by atoms with Crippen molar-refractivity contribution >= 4 is 5.97 Å². The van der Waals surface area contributed by atoms with E-state index in [0.717, 1.165) is 11.1 Å². The number of benzene rings is 1. The molecule has 0 spiro atoms. The van der Waals surface area contributed by atoms with Gasteiger partial charge in [0.05, 0.1) is 5.76 Å². The van der Waals surface area contributed by atoms with E-state index in [4.69, 9.17) is 4.74 Å². The molecule has 0 atom stereocenters. The Morgan fingerprint density at radius 3 is 2.88 bits per heavy atom. The molecule has 1 aliphatic carbocycles. The second-order valence-corrected chi connectivity index (χ2v) is 4.18. The normalized spacial score (nSPS) is 13.6. The molecule has 0 amide bonds. The Morgan fingerprint density at radius 2 is 2.18 bits per heavy atom. The predicted octanol–water partition coefficient (Wildman–Crippen LogP) is 2.71. The molecule has 0 aliphatic heterocycles. The Morgan fingerprint density at radius 1 is 1.41 bits per heavy atom. The molecule has 0 unspecified atom stereocenters. The molecule has 0 bridgehead atoms. The van der Waals surface area contributed by atoms with Gasteiger partial charge in [-0.05, 0) is 42.7 Å². The van der Waals surface area contributed by atoms with Crippen molar-refractivity contribution in [2.45, 2.75) is 19.8 Å². The van der Waals surface area contributed by atoms with Crippen molar-refractivity contribution in [3.63, 3.8) is 0 Å². The molecule has 0 saturated carbocycles. The fourth-order valence-electron chi connectivity index (χ4n) is 1.72. The molecule has 0 fully saturated rings. The second kappa shape index (κ2) is 4.45. The largest absolute Gasteiger partial charge is 0.512 e. The summed E-state index contributed by atoms with van der Waals surface area (Å²) in [5.41, 5.74) is 2.52. The van der Waals surface area contributed by atoms with Crippen molar-refractivity contribution in [1.29, 1.82) is 0 Å². The molecule has 1 aromatic carbocycles. The minimum Gasteiger partial charge on any atom is -0.512 e. The maximum atomic E-state index is 11.4. The van der Waals surface area contributed by atoms with Gasteiger partial charge in [-0.1, -0.05) is 12.6 Å². The fourth-order valence-corrected chi connectivity index (χ4v) is 1.72. The van der Waals surface area contributed by atoms with E-state index < -0.39 is 5.97 Å². The molecule has 0 saturated heterocycles. The van der Waals surface area contributed by atoms with Gasteiger partial charge in [0.1, 0.15) is 5.75 Å². The van der Waals surface area contributed by atoms with Crippen LogP contribution in [0.15, 0.2) is 42.2 Å². The van der Waals surface area contributed by atoms with Gasteiger partial charge in [0, 0.05) is 12.0 Å². The van der Waals surface area contributed by atoms with E-state index in [9.17, 15) is 9.90 Å². The highest BCUT2D eigenvalue weighted by Gasteiger charge is 2.12. The molecule has 17 heavy (non-hydrogen) atoms. The van der Waals surface area contributed by atoms with Crippen molar-refractivity contribution in [2.75, 3.05) is 0 Å². The lowest BCUT2D eigenvalue weighted by atomic mass is 9.95. The standard InChI is InChI=1S/C14H14O3/c1-9(2)14(16)17-13-6-4-10-7-12(15)5-3-11(10)8-13/h4-6,8,15H,1,3,7H2,2H3. The third kappa shape index (κ3) is 2.56. The summed E-state index contributed by atoms with van der Waals surface area (Å²) in [6.45, 7) is 5.14. The number of hydrogen-bond acceptors (Lipinski definition) is 3. The Bertz CT molecular complexity index is 512. The SMILES string of the molecule is C=C(C)C(=O)Oc1ccc2c(c1)CC=C(O)C2. The van der Waals surface area contributed by atoms with Crippen LogP contribution in [0.25, 0.3) is 0 Å². The summed E-state index contributed by atoms with van der Waals surface area (Å²) in [6.07, 6.45) is 2.98. The van der Waals surface area contributed by atoms with Gasteiger partial charge in [-0.25, -0.2) is 4.79 Å². The zero-order chi connectivity index (χ0) is 12.4. The molecule has 2 rings (SSSR count). The zero-order valence-corrected chi connectivity index (χ0v) is 9.69. The summed E-state index contributed by atoms with van der Waals surface area (Å²) in [6, 6.07) is 5.44. The van der Waals surface area contributed by atoms with E-state index in [2.05, 4.69) is 6.58 Å². The van der Waals surface area contributed by atoms with Crippen LogP contribution in [-0.2, 0) is 17.6 Å². The lowest BCUT2D eigenvalue weighted by molar-refractivity contribution is -0.130. The number of esters is 1. The minimum atomic E-state index is -0.417. The summed E-state index contributed by atoms with van der Waals surface area (Å²) in [5, 5.41) is 9.41. The fraction of sp³-hybridized carbons (Fsp3) is 0.214. The van der Waals surface area contributed by atoms with Crippen LogP contribution in [0.1, 0.15) is 18.1 Å². The van der Waals surface area contributed by atoms with Crippen LogP contribution in [0.3, 0.4) is 0 Å². The highest BCUT2D eigenvalue weighted by molar-refractivity contribution is 5.88. The first kappa shape index (κ1) is 11.5. The molecule has 3 heteroatoms. The van der Waals surface area contributed by atoms with Crippen LogP contribution in [0.5, 0.6) is 5.75 Å². The van der Waals surface area contributed by atoms with E-state index >= 15 is 0 Å². The Balaban J connectivity index is 2.19. The number of carbonyl (C=O) groups excluding carboxylic acids is 1. The Hall–Kier alpha value is -2.03. The molecular formula is C14H14O3. The molecule has 1 aliphatic rings. The maximum Gasteiger partial charge on any atom is 0.338 e. The predicted molar refractivity (Wildman–Crippen MR) is 65.0 cm³/mol. The lowest BCUT2D eigenvalue weighted by Gasteiger charge is -2.14. The smallest absolute Gasteiger partial charge is 0.338 e. The molecule has 0 radical (unpaired) electrons. The van der Waals surface area contributed by atoms with Crippen molar-refractivity contribution in [1.82, 2.24) is 0 Å². The van der Waals surface area contributed by atoms with E-state index in [0.29, 0.717) is 29.9 Å². The topological polar surface area (TPSA) is 46.5 Å². The van der Waals surface area contributed by atoms with Crippen molar-refractivity contribution in [2.24, 2.45) is 0 Å². The summed E-state index contributed by atoms with van der Waals surface area (Å²) in [5.74, 6) is 0.495. The number of carbonyl (C=O) groups is 1. The van der Waals surface area contributed by atoms with Crippen LogP contribution < -0.4 is 4.74 Å². The highest BCUT2D eigenvalue weighted by Crippen LogP contribution is 2.24. The average molecular weight is 230 g/mol. The number of aliphatic hydroxyl groups excluding tert-OH is 1. The van der Waals surface area contributed by atoms with Crippen molar-refractivity contribution < 1.29 is 14.6 Å². The van der Waals surface area contributed by atoms with Crippen LogP contribution >= 0.6 is 0 Å². The van der Waals surface area contributed by atoms with Crippen LogP contribution in [-0.4, -0.2) is 11.1 Å². The first-order valence-corrected chi connectivity index (χ1v) is 5.44. The third-order valence-corrected chi connectivity index (χ3v) is 2.67. The number of aliphatic hydroxyl groups is 1.